The molecular formula is C25H25N3O5S. The zero-order valence-electron chi connectivity index (χ0n) is 19.0. The molecule has 1 unspecified atom stereocenters. The normalized spacial score (nSPS) is 11.3. The number of nitrogens with one attached hydrogen (secondary N) is 2. The number of amides is 3. The maximum atomic E-state index is 12.9. The van der Waals surface area contributed by atoms with Crippen LogP contribution in [0.4, 0.5) is 11.4 Å². The number of ether oxygens (including phenoxy) is 2. The maximum absolute atomic E-state index is 12.9. The molecule has 0 heterocycles. The Hall–Kier alpha value is -3.98. The van der Waals surface area contributed by atoms with Crippen LogP contribution in [-0.2, 0) is 4.79 Å². The van der Waals surface area contributed by atoms with Crippen molar-refractivity contribution in [2.45, 2.75) is 17.1 Å². The van der Waals surface area contributed by atoms with Crippen LogP contribution in [0.5, 0.6) is 11.5 Å². The van der Waals surface area contributed by atoms with Crippen molar-refractivity contribution < 1.29 is 23.9 Å². The Morgan fingerprint density at radius 1 is 0.853 bits per heavy atom. The van der Waals surface area contributed by atoms with Gasteiger partial charge in [0, 0.05) is 21.8 Å². The Bertz CT molecular complexity index is 1180. The van der Waals surface area contributed by atoms with Crippen molar-refractivity contribution in [1.29, 1.82) is 0 Å². The summed E-state index contributed by atoms with van der Waals surface area (Å²) in [5.74, 6) is -0.308. The zero-order valence-corrected chi connectivity index (χ0v) is 19.8. The third kappa shape index (κ3) is 6.08. The van der Waals surface area contributed by atoms with Crippen molar-refractivity contribution >= 4 is 40.9 Å². The molecule has 0 saturated heterocycles. The second-order valence-electron chi connectivity index (χ2n) is 7.21. The molecular weight excluding hydrogens is 454 g/mol. The molecule has 34 heavy (non-hydrogen) atoms. The van der Waals surface area contributed by atoms with Crippen molar-refractivity contribution in [2.75, 3.05) is 24.9 Å². The van der Waals surface area contributed by atoms with Gasteiger partial charge in [0.2, 0.25) is 11.8 Å². The summed E-state index contributed by atoms with van der Waals surface area (Å²) in [4.78, 5) is 37.5. The minimum absolute atomic E-state index is 0.204. The fourth-order valence-corrected chi connectivity index (χ4v) is 4.06. The first-order chi connectivity index (χ1) is 16.3. The van der Waals surface area contributed by atoms with Gasteiger partial charge >= 0.3 is 0 Å². The van der Waals surface area contributed by atoms with Crippen LogP contribution in [0.25, 0.3) is 0 Å². The molecule has 0 aromatic heterocycles. The van der Waals surface area contributed by atoms with Gasteiger partial charge in [-0.3, -0.25) is 14.4 Å². The standard InChI is InChI=1S/C25H25N3O5S/c1-15(24(30)27-17-12-10-16(11-13-17)23(26)29)34-19-7-4-6-18(14-19)28-25(31)22-20(32-2)8-5-9-21(22)33-3/h4-15H,1-3H3,(H2,26,29)(H,27,30)(H,28,31). The molecule has 1 atom stereocenters. The van der Waals surface area contributed by atoms with E-state index in [4.69, 9.17) is 15.2 Å². The van der Waals surface area contributed by atoms with Crippen LogP contribution in [0.15, 0.2) is 71.6 Å². The highest BCUT2D eigenvalue weighted by Gasteiger charge is 2.19. The molecule has 0 fully saturated rings. The maximum Gasteiger partial charge on any atom is 0.263 e. The number of primary amides is 1. The van der Waals surface area contributed by atoms with Crippen molar-refractivity contribution in [3.63, 3.8) is 0 Å². The van der Waals surface area contributed by atoms with E-state index >= 15 is 0 Å². The number of hydrogen-bond acceptors (Lipinski definition) is 6. The molecule has 3 aromatic rings. The van der Waals surface area contributed by atoms with E-state index in [1.807, 2.05) is 6.07 Å². The number of nitrogens with two attached hydrogens (primary N) is 1. The molecule has 4 N–H and O–H groups in total. The van der Waals surface area contributed by atoms with Crippen LogP contribution < -0.4 is 25.8 Å². The fraction of sp³-hybridized carbons (Fsp3) is 0.160. The van der Waals surface area contributed by atoms with Crippen LogP contribution in [0, 0.1) is 0 Å². The number of carbonyl (C=O) groups is 3. The Labute approximate surface area is 201 Å². The minimum atomic E-state index is -0.530. The molecule has 8 nitrogen and oxygen atoms in total. The van der Waals surface area contributed by atoms with Gasteiger partial charge in [0.25, 0.3) is 5.91 Å². The Kier molecular flexibility index (Phi) is 8.15. The lowest BCUT2D eigenvalue weighted by Gasteiger charge is -2.15. The minimum Gasteiger partial charge on any atom is -0.496 e. The van der Waals surface area contributed by atoms with Gasteiger partial charge in [0.1, 0.15) is 17.1 Å². The van der Waals surface area contributed by atoms with Crippen LogP contribution in [0.3, 0.4) is 0 Å². The van der Waals surface area contributed by atoms with Crippen molar-refractivity contribution in [3.05, 3.63) is 77.9 Å². The van der Waals surface area contributed by atoms with Gasteiger partial charge in [-0.2, -0.15) is 0 Å². The average Bonchev–Trinajstić information content (AvgIpc) is 2.83. The first kappa shape index (κ1) is 24.7. The molecule has 3 amide bonds. The lowest BCUT2D eigenvalue weighted by molar-refractivity contribution is -0.115. The van der Waals surface area contributed by atoms with E-state index in [-0.39, 0.29) is 11.8 Å². The predicted molar refractivity (Wildman–Crippen MR) is 133 cm³/mol. The smallest absolute Gasteiger partial charge is 0.263 e. The SMILES string of the molecule is COc1cccc(OC)c1C(=O)Nc1cccc(SC(C)C(=O)Nc2ccc(C(N)=O)cc2)c1. The third-order valence-electron chi connectivity index (χ3n) is 4.87. The summed E-state index contributed by atoms with van der Waals surface area (Å²) >= 11 is 1.34. The number of rotatable bonds is 9. The molecule has 0 bridgehead atoms. The lowest BCUT2D eigenvalue weighted by atomic mass is 10.1. The van der Waals surface area contributed by atoms with Crippen LogP contribution in [0.1, 0.15) is 27.6 Å². The highest BCUT2D eigenvalue weighted by Crippen LogP contribution is 2.30. The number of thioether (sulfide) groups is 1. The van der Waals surface area contributed by atoms with Crippen LogP contribution in [-0.4, -0.2) is 37.2 Å². The van der Waals surface area contributed by atoms with Crippen LogP contribution in [0.2, 0.25) is 0 Å². The van der Waals surface area contributed by atoms with E-state index in [0.29, 0.717) is 34.0 Å². The molecule has 3 rings (SSSR count). The molecule has 0 aliphatic rings. The van der Waals surface area contributed by atoms with Crippen molar-refractivity contribution in [1.82, 2.24) is 0 Å². The molecule has 0 aliphatic heterocycles. The Morgan fingerprint density at radius 3 is 2.06 bits per heavy atom. The van der Waals surface area contributed by atoms with Gasteiger partial charge in [0.05, 0.1) is 19.5 Å². The molecule has 0 spiro atoms. The topological polar surface area (TPSA) is 120 Å². The summed E-state index contributed by atoms with van der Waals surface area (Å²) in [6.45, 7) is 1.78. The van der Waals surface area contributed by atoms with Gasteiger partial charge < -0.3 is 25.8 Å². The largest absolute Gasteiger partial charge is 0.496 e. The first-order valence-corrected chi connectivity index (χ1v) is 11.2. The number of anilines is 2. The molecule has 0 saturated carbocycles. The average molecular weight is 480 g/mol. The Balaban J connectivity index is 1.67. The predicted octanol–water partition coefficient (Wildman–Crippen LogP) is 4.17. The molecule has 176 valence electrons. The molecule has 9 heteroatoms. The molecule has 0 radical (unpaired) electrons. The summed E-state index contributed by atoms with van der Waals surface area (Å²) in [5.41, 5.74) is 7.02. The second-order valence-corrected chi connectivity index (χ2v) is 8.62. The van der Waals surface area contributed by atoms with Gasteiger partial charge in [-0.05, 0) is 61.5 Å². The quantitative estimate of drug-likeness (QED) is 0.396. The summed E-state index contributed by atoms with van der Waals surface area (Å²) < 4.78 is 10.6. The van der Waals surface area contributed by atoms with E-state index in [0.717, 1.165) is 4.90 Å². The monoisotopic (exact) mass is 479 g/mol. The zero-order chi connectivity index (χ0) is 24.7. The number of hydrogen-bond donors (Lipinski definition) is 3. The summed E-state index contributed by atoms with van der Waals surface area (Å²) in [6, 6.07) is 18.7. The second kappa shape index (κ2) is 11.2. The molecule has 3 aromatic carbocycles. The highest BCUT2D eigenvalue weighted by molar-refractivity contribution is 8.00. The Morgan fingerprint density at radius 2 is 1.47 bits per heavy atom. The molecule has 0 aliphatic carbocycles. The number of methoxy groups -OCH3 is 2. The van der Waals surface area contributed by atoms with Gasteiger partial charge in [-0.1, -0.05) is 12.1 Å². The number of benzene rings is 3. The summed E-state index contributed by atoms with van der Waals surface area (Å²) in [5, 5.41) is 5.25. The fourth-order valence-electron chi connectivity index (χ4n) is 3.14. The van der Waals surface area contributed by atoms with E-state index < -0.39 is 11.2 Å². The van der Waals surface area contributed by atoms with Gasteiger partial charge in [0.15, 0.2) is 0 Å². The summed E-state index contributed by atoms with van der Waals surface area (Å²) in [7, 11) is 2.97. The van der Waals surface area contributed by atoms with Gasteiger partial charge in [-0.25, -0.2) is 0 Å². The van der Waals surface area contributed by atoms with E-state index in [1.54, 1.807) is 67.6 Å². The van der Waals surface area contributed by atoms with Crippen molar-refractivity contribution in [2.24, 2.45) is 5.73 Å². The van der Waals surface area contributed by atoms with Crippen LogP contribution >= 0.6 is 11.8 Å². The van der Waals surface area contributed by atoms with E-state index in [1.165, 1.54) is 26.0 Å². The van der Waals surface area contributed by atoms with E-state index in [2.05, 4.69) is 10.6 Å². The van der Waals surface area contributed by atoms with Crippen molar-refractivity contribution in [3.8, 4) is 11.5 Å². The number of carbonyl (C=O) groups excluding carboxylic acids is 3. The first-order valence-electron chi connectivity index (χ1n) is 10.3. The highest BCUT2D eigenvalue weighted by atomic mass is 32.2. The lowest BCUT2D eigenvalue weighted by Crippen LogP contribution is -2.22. The summed E-state index contributed by atoms with van der Waals surface area (Å²) in [6.07, 6.45) is 0. The third-order valence-corrected chi connectivity index (χ3v) is 5.96. The van der Waals surface area contributed by atoms with E-state index in [9.17, 15) is 14.4 Å². The van der Waals surface area contributed by atoms with Gasteiger partial charge in [-0.15, -0.1) is 11.8 Å².